The highest BCUT2D eigenvalue weighted by molar-refractivity contribution is 7.18. The lowest BCUT2D eigenvalue weighted by atomic mass is 10.1. The van der Waals surface area contributed by atoms with E-state index in [0.717, 1.165) is 53.5 Å². The number of carbonyl (C=O) groups excluding carboxylic acids is 1. The van der Waals surface area contributed by atoms with Crippen LogP contribution in [-0.4, -0.2) is 47.1 Å². The lowest BCUT2D eigenvalue weighted by molar-refractivity contribution is 0.0330. The van der Waals surface area contributed by atoms with Gasteiger partial charge in [-0.3, -0.25) is 9.69 Å². The second-order valence-electron chi connectivity index (χ2n) is 8.75. The van der Waals surface area contributed by atoms with Crippen molar-refractivity contribution >= 4 is 33.1 Å². The minimum Gasteiger partial charge on any atom is -0.438 e. The Morgan fingerprint density at radius 1 is 1.09 bits per heavy atom. The first-order valence-corrected chi connectivity index (χ1v) is 12.5. The van der Waals surface area contributed by atoms with Crippen molar-refractivity contribution < 1.29 is 14.3 Å². The molecule has 7 nitrogen and oxygen atoms in total. The summed E-state index contributed by atoms with van der Waals surface area (Å²) in [5.74, 6) is 1.82. The molecule has 180 valence electrons. The van der Waals surface area contributed by atoms with Crippen molar-refractivity contribution in [3.05, 3.63) is 75.9 Å². The molecule has 5 rings (SSSR count). The highest BCUT2D eigenvalue weighted by atomic mass is 32.1. The Bertz CT molecular complexity index is 1360. The van der Waals surface area contributed by atoms with Gasteiger partial charge in [0.05, 0.1) is 25.1 Å². The second kappa shape index (κ2) is 10.1. The van der Waals surface area contributed by atoms with Crippen LogP contribution in [0.3, 0.4) is 0 Å². The van der Waals surface area contributed by atoms with Crippen LogP contribution in [0.1, 0.15) is 32.2 Å². The van der Waals surface area contributed by atoms with Gasteiger partial charge >= 0.3 is 0 Å². The summed E-state index contributed by atoms with van der Waals surface area (Å²) in [4.78, 5) is 26.6. The number of hydrogen-bond acceptors (Lipinski definition) is 7. The van der Waals surface area contributed by atoms with Crippen LogP contribution < -0.4 is 10.1 Å². The molecule has 1 N–H and O–H groups in total. The molecule has 0 bridgehead atoms. The van der Waals surface area contributed by atoms with Gasteiger partial charge in [-0.25, -0.2) is 4.98 Å². The average Bonchev–Trinajstić information content (AvgIpc) is 3.14. The number of carbonyl (C=O) groups is 1. The zero-order valence-corrected chi connectivity index (χ0v) is 20.9. The number of amides is 1. The number of hydrogen-bond donors (Lipinski definition) is 1. The molecule has 1 amide bonds. The van der Waals surface area contributed by atoms with Gasteiger partial charge in [-0.1, -0.05) is 17.7 Å². The molecule has 1 aliphatic heterocycles. The SMILES string of the molecule is Cc1cccc(C(=O)Nc2ccc(Oc3nc(CN4CCOCC4)nc4sc(C)c(C)c34)cc2)c1. The number of fused-ring (bicyclic) bond motifs is 1. The summed E-state index contributed by atoms with van der Waals surface area (Å²) in [6.07, 6.45) is 0. The van der Waals surface area contributed by atoms with E-state index in [0.29, 0.717) is 29.4 Å². The molecule has 0 unspecified atom stereocenters. The minimum atomic E-state index is -0.142. The Balaban J connectivity index is 1.36. The lowest BCUT2D eigenvalue weighted by Gasteiger charge is -2.25. The Morgan fingerprint density at radius 3 is 2.60 bits per heavy atom. The van der Waals surface area contributed by atoms with Crippen LogP contribution in [-0.2, 0) is 11.3 Å². The van der Waals surface area contributed by atoms with E-state index in [1.54, 1.807) is 17.4 Å². The van der Waals surface area contributed by atoms with Crippen molar-refractivity contribution in [2.75, 3.05) is 31.6 Å². The van der Waals surface area contributed by atoms with E-state index in [9.17, 15) is 4.79 Å². The monoisotopic (exact) mass is 488 g/mol. The van der Waals surface area contributed by atoms with E-state index in [1.807, 2.05) is 49.4 Å². The number of aromatic nitrogens is 2. The number of nitrogens with zero attached hydrogens (tertiary/aromatic N) is 3. The lowest BCUT2D eigenvalue weighted by Crippen LogP contribution is -2.36. The first-order chi connectivity index (χ1) is 17.0. The van der Waals surface area contributed by atoms with Gasteiger partial charge in [0.2, 0.25) is 5.88 Å². The standard InChI is InChI=1S/C27H28N4O3S/c1-17-5-4-6-20(15-17)25(32)28-21-7-9-22(10-8-21)34-26-24-18(2)19(3)35-27(24)30-23(29-26)16-31-11-13-33-14-12-31/h4-10,15H,11-14,16H2,1-3H3,(H,28,32). The number of thiophene rings is 1. The van der Waals surface area contributed by atoms with Crippen LogP contribution in [0.4, 0.5) is 5.69 Å². The van der Waals surface area contributed by atoms with Gasteiger partial charge in [0.25, 0.3) is 5.91 Å². The van der Waals surface area contributed by atoms with Crippen molar-refractivity contribution in [1.82, 2.24) is 14.9 Å². The molecule has 0 atom stereocenters. The number of aryl methyl sites for hydroxylation is 3. The molecule has 8 heteroatoms. The average molecular weight is 489 g/mol. The van der Waals surface area contributed by atoms with E-state index in [2.05, 4.69) is 24.1 Å². The maximum absolute atomic E-state index is 12.6. The van der Waals surface area contributed by atoms with E-state index in [1.165, 1.54) is 4.88 Å². The zero-order chi connectivity index (χ0) is 24.4. The quantitative estimate of drug-likeness (QED) is 0.387. The van der Waals surface area contributed by atoms with E-state index >= 15 is 0 Å². The van der Waals surface area contributed by atoms with Crippen molar-refractivity contribution in [3.63, 3.8) is 0 Å². The molecule has 3 heterocycles. The number of morpholine rings is 1. The van der Waals surface area contributed by atoms with Gasteiger partial charge < -0.3 is 14.8 Å². The van der Waals surface area contributed by atoms with Gasteiger partial charge in [0, 0.05) is 29.2 Å². The summed E-state index contributed by atoms with van der Waals surface area (Å²) in [6.45, 7) is 10.0. The zero-order valence-electron chi connectivity index (χ0n) is 20.1. The Kier molecular flexibility index (Phi) is 6.77. The van der Waals surface area contributed by atoms with Crippen LogP contribution >= 0.6 is 11.3 Å². The number of anilines is 1. The molecular weight excluding hydrogens is 460 g/mol. The Labute approximate surface area is 208 Å². The van der Waals surface area contributed by atoms with E-state index in [4.69, 9.17) is 19.4 Å². The van der Waals surface area contributed by atoms with Gasteiger partial charge in [0.15, 0.2) is 0 Å². The Morgan fingerprint density at radius 2 is 1.86 bits per heavy atom. The van der Waals surface area contributed by atoms with Crippen molar-refractivity contribution in [2.45, 2.75) is 27.3 Å². The number of nitrogens with one attached hydrogen (secondary N) is 1. The molecule has 1 aliphatic rings. The first kappa shape index (κ1) is 23.4. The third-order valence-corrected chi connectivity index (χ3v) is 7.22. The molecule has 2 aromatic carbocycles. The predicted octanol–water partition coefficient (Wildman–Crippen LogP) is 5.49. The van der Waals surface area contributed by atoms with Crippen LogP contribution in [0.25, 0.3) is 10.2 Å². The Hall–Kier alpha value is -3.33. The first-order valence-electron chi connectivity index (χ1n) is 11.7. The molecule has 4 aromatic rings. The highest BCUT2D eigenvalue weighted by Crippen LogP contribution is 2.36. The normalized spacial score (nSPS) is 14.3. The van der Waals surface area contributed by atoms with Gasteiger partial charge in [-0.15, -0.1) is 11.3 Å². The fourth-order valence-corrected chi connectivity index (χ4v) is 5.10. The molecule has 0 aliphatic carbocycles. The number of ether oxygens (including phenoxy) is 2. The van der Waals surface area contributed by atoms with Gasteiger partial charge in [0.1, 0.15) is 16.4 Å². The van der Waals surface area contributed by atoms with Gasteiger partial charge in [-0.05, 0) is 62.7 Å². The number of benzene rings is 2. The van der Waals surface area contributed by atoms with Crippen LogP contribution in [0.15, 0.2) is 48.5 Å². The fraction of sp³-hybridized carbons (Fsp3) is 0.296. The molecule has 1 fully saturated rings. The van der Waals surface area contributed by atoms with Crippen LogP contribution in [0, 0.1) is 20.8 Å². The molecule has 2 aromatic heterocycles. The molecule has 0 saturated carbocycles. The maximum Gasteiger partial charge on any atom is 0.255 e. The van der Waals surface area contributed by atoms with E-state index in [-0.39, 0.29) is 5.91 Å². The molecule has 1 saturated heterocycles. The molecular formula is C27H28N4O3S. The van der Waals surface area contributed by atoms with E-state index < -0.39 is 0 Å². The number of rotatable bonds is 6. The summed E-state index contributed by atoms with van der Waals surface area (Å²) in [7, 11) is 0. The van der Waals surface area contributed by atoms with Crippen molar-refractivity contribution in [2.24, 2.45) is 0 Å². The fourth-order valence-electron chi connectivity index (χ4n) is 4.07. The highest BCUT2D eigenvalue weighted by Gasteiger charge is 2.19. The smallest absolute Gasteiger partial charge is 0.255 e. The summed E-state index contributed by atoms with van der Waals surface area (Å²) < 4.78 is 11.7. The third-order valence-electron chi connectivity index (χ3n) is 6.12. The van der Waals surface area contributed by atoms with Gasteiger partial charge in [-0.2, -0.15) is 4.98 Å². The summed E-state index contributed by atoms with van der Waals surface area (Å²) in [6, 6.07) is 14.9. The summed E-state index contributed by atoms with van der Waals surface area (Å²) in [5.41, 5.74) is 3.52. The topological polar surface area (TPSA) is 76.6 Å². The van der Waals surface area contributed by atoms with Crippen molar-refractivity contribution in [1.29, 1.82) is 0 Å². The third kappa shape index (κ3) is 5.35. The van der Waals surface area contributed by atoms with Crippen LogP contribution in [0.5, 0.6) is 11.6 Å². The molecule has 0 spiro atoms. The molecule has 35 heavy (non-hydrogen) atoms. The predicted molar refractivity (Wildman–Crippen MR) is 139 cm³/mol. The van der Waals surface area contributed by atoms with Crippen molar-refractivity contribution in [3.8, 4) is 11.6 Å². The molecule has 0 radical (unpaired) electrons. The summed E-state index contributed by atoms with van der Waals surface area (Å²) >= 11 is 1.67. The largest absolute Gasteiger partial charge is 0.438 e. The maximum atomic E-state index is 12.6. The summed E-state index contributed by atoms with van der Waals surface area (Å²) in [5, 5.41) is 3.89. The second-order valence-corrected chi connectivity index (χ2v) is 9.95. The minimum absolute atomic E-state index is 0.142. The van der Waals surface area contributed by atoms with Crippen LogP contribution in [0.2, 0.25) is 0 Å².